The molecule has 2 N–H and O–H groups in total. The summed E-state index contributed by atoms with van der Waals surface area (Å²) >= 11 is 0. The molecular formula is C13H27N3O2S. The van der Waals surface area contributed by atoms with Crippen LogP contribution in [0.2, 0.25) is 0 Å². The second kappa shape index (κ2) is 7.02. The molecule has 0 bridgehead atoms. The van der Waals surface area contributed by atoms with Crippen LogP contribution in [0.4, 0.5) is 0 Å². The number of likely N-dealkylation sites (N-methyl/N-ethyl adjacent to an activating group) is 1. The Kier molecular flexibility index (Phi) is 5.62. The highest BCUT2D eigenvalue weighted by Crippen LogP contribution is 2.21. The molecule has 1 aliphatic carbocycles. The number of hydrogen-bond donors (Lipinski definition) is 2. The highest BCUT2D eigenvalue weighted by molar-refractivity contribution is 7.90. The number of rotatable bonds is 6. The summed E-state index contributed by atoms with van der Waals surface area (Å²) in [4.78, 5) is 2.30. The molecule has 2 rings (SSSR count). The number of piperidine rings is 1. The third kappa shape index (κ3) is 4.41. The maximum Gasteiger partial charge on any atom is 0.214 e. The number of nitrogens with zero attached hydrogens (tertiary/aromatic N) is 1. The van der Waals surface area contributed by atoms with Crippen molar-refractivity contribution in [2.24, 2.45) is 0 Å². The van der Waals surface area contributed by atoms with Gasteiger partial charge in [-0.1, -0.05) is 12.8 Å². The van der Waals surface area contributed by atoms with Crippen LogP contribution in [0.25, 0.3) is 0 Å². The minimum absolute atomic E-state index is 0.203. The topological polar surface area (TPSA) is 61.4 Å². The Hall–Kier alpha value is -0.170. The van der Waals surface area contributed by atoms with Gasteiger partial charge in [0.15, 0.2) is 0 Å². The molecule has 0 aromatic rings. The second-order valence-electron chi connectivity index (χ2n) is 5.81. The van der Waals surface area contributed by atoms with Crippen molar-refractivity contribution in [3.8, 4) is 0 Å². The summed E-state index contributed by atoms with van der Waals surface area (Å²) in [5, 5.41) is 2.99. The maximum atomic E-state index is 12.1. The van der Waals surface area contributed by atoms with E-state index in [1.807, 2.05) is 0 Å². The molecule has 0 atom stereocenters. The van der Waals surface area contributed by atoms with Gasteiger partial charge < -0.3 is 10.2 Å². The number of hydrogen-bond acceptors (Lipinski definition) is 4. The first-order valence-corrected chi connectivity index (χ1v) is 9.03. The summed E-state index contributed by atoms with van der Waals surface area (Å²) < 4.78 is 27.0. The number of nitrogens with one attached hydrogen (secondary N) is 2. The van der Waals surface area contributed by atoms with Crippen molar-refractivity contribution >= 4 is 10.0 Å². The molecule has 1 saturated carbocycles. The predicted octanol–water partition coefficient (Wildman–Crippen LogP) is 0.532. The Morgan fingerprint density at radius 3 is 2.42 bits per heavy atom. The molecule has 0 unspecified atom stereocenters. The van der Waals surface area contributed by atoms with Crippen molar-refractivity contribution in [2.45, 2.75) is 49.8 Å². The van der Waals surface area contributed by atoms with Gasteiger partial charge >= 0.3 is 0 Å². The van der Waals surface area contributed by atoms with Crippen molar-refractivity contribution in [1.29, 1.82) is 0 Å². The zero-order chi connectivity index (χ0) is 13.7. The molecule has 0 radical (unpaired) electrons. The van der Waals surface area contributed by atoms with Crippen LogP contribution in [-0.2, 0) is 10.0 Å². The summed E-state index contributed by atoms with van der Waals surface area (Å²) in [5.74, 6) is 0. The van der Waals surface area contributed by atoms with Crippen molar-refractivity contribution in [3.05, 3.63) is 0 Å². The highest BCUT2D eigenvalue weighted by Gasteiger charge is 2.27. The van der Waals surface area contributed by atoms with E-state index in [9.17, 15) is 8.42 Å². The molecule has 19 heavy (non-hydrogen) atoms. The summed E-state index contributed by atoms with van der Waals surface area (Å²) in [6.45, 7) is 2.98. The number of sulfonamides is 1. The minimum atomic E-state index is -3.12. The van der Waals surface area contributed by atoms with Crippen LogP contribution in [0.5, 0.6) is 0 Å². The maximum absolute atomic E-state index is 12.1. The Labute approximate surface area is 117 Å². The molecule has 112 valence electrons. The van der Waals surface area contributed by atoms with E-state index in [0.29, 0.717) is 12.6 Å². The van der Waals surface area contributed by atoms with E-state index < -0.39 is 10.0 Å². The summed E-state index contributed by atoms with van der Waals surface area (Å²) in [6.07, 6.45) is 6.61. The molecule has 1 aliphatic heterocycles. The van der Waals surface area contributed by atoms with Crippen molar-refractivity contribution in [1.82, 2.24) is 14.9 Å². The SMILES string of the molecule is CN(CCNS(=O)(=O)C1CCNCC1)C1CCCC1. The normalized spacial score (nSPS) is 23.3. The molecule has 1 heterocycles. The fourth-order valence-electron chi connectivity index (χ4n) is 3.12. The van der Waals surface area contributed by atoms with Crippen LogP contribution in [-0.4, -0.2) is 57.8 Å². The van der Waals surface area contributed by atoms with E-state index in [4.69, 9.17) is 0 Å². The van der Waals surface area contributed by atoms with Gasteiger partial charge in [0, 0.05) is 19.1 Å². The lowest BCUT2D eigenvalue weighted by molar-refractivity contribution is 0.249. The third-order valence-electron chi connectivity index (χ3n) is 4.44. The molecule has 6 heteroatoms. The molecule has 1 saturated heterocycles. The Balaban J connectivity index is 1.71. The fourth-order valence-corrected chi connectivity index (χ4v) is 4.58. The minimum Gasteiger partial charge on any atom is -0.317 e. The van der Waals surface area contributed by atoms with Gasteiger partial charge in [0.25, 0.3) is 0 Å². The molecule has 0 amide bonds. The molecule has 0 spiro atoms. The first-order chi connectivity index (χ1) is 9.09. The highest BCUT2D eigenvalue weighted by atomic mass is 32.2. The Bertz CT molecular complexity index is 360. The van der Waals surface area contributed by atoms with Gasteiger partial charge in [-0.3, -0.25) is 0 Å². The second-order valence-corrected chi connectivity index (χ2v) is 7.85. The standard InChI is InChI=1S/C13H27N3O2S/c1-16(12-4-2-3-5-12)11-10-15-19(17,18)13-6-8-14-9-7-13/h12-15H,2-11H2,1H3. The van der Waals surface area contributed by atoms with Crippen LogP contribution >= 0.6 is 0 Å². The van der Waals surface area contributed by atoms with Gasteiger partial charge in [0.1, 0.15) is 0 Å². The summed E-state index contributed by atoms with van der Waals surface area (Å²) in [6, 6.07) is 0.656. The van der Waals surface area contributed by atoms with Gasteiger partial charge in [0.2, 0.25) is 10.0 Å². The van der Waals surface area contributed by atoms with E-state index >= 15 is 0 Å². The van der Waals surface area contributed by atoms with Crippen molar-refractivity contribution < 1.29 is 8.42 Å². The molecule has 5 nitrogen and oxygen atoms in total. The molecule has 2 aliphatic rings. The van der Waals surface area contributed by atoms with E-state index in [-0.39, 0.29) is 5.25 Å². The summed E-state index contributed by atoms with van der Waals surface area (Å²) in [5.41, 5.74) is 0. The van der Waals surface area contributed by atoms with E-state index in [0.717, 1.165) is 32.5 Å². The Morgan fingerprint density at radius 1 is 1.16 bits per heavy atom. The Morgan fingerprint density at radius 2 is 1.79 bits per heavy atom. The lowest BCUT2D eigenvalue weighted by atomic mass is 10.2. The molecular weight excluding hydrogens is 262 g/mol. The lowest BCUT2D eigenvalue weighted by Crippen LogP contribution is -2.44. The van der Waals surface area contributed by atoms with Crippen molar-refractivity contribution in [3.63, 3.8) is 0 Å². The summed E-state index contributed by atoms with van der Waals surface area (Å²) in [7, 11) is -1.01. The molecule has 0 aromatic heterocycles. The van der Waals surface area contributed by atoms with Crippen LogP contribution < -0.4 is 10.0 Å². The smallest absolute Gasteiger partial charge is 0.214 e. The average Bonchev–Trinajstić information content (AvgIpc) is 2.93. The largest absolute Gasteiger partial charge is 0.317 e. The average molecular weight is 289 g/mol. The zero-order valence-corrected chi connectivity index (χ0v) is 12.7. The van der Waals surface area contributed by atoms with Gasteiger partial charge in [-0.2, -0.15) is 0 Å². The molecule has 0 aromatic carbocycles. The lowest BCUT2D eigenvalue weighted by Gasteiger charge is -2.26. The third-order valence-corrected chi connectivity index (χ3v) is 6.40. The van der Waals surface area contributed by atoms with Crippen LogP contribution in [0.1, 0.15) is 38.5 Å². The van der Waals surface area contributed by atoms with Crippen LogP contribution in [0, 0.1) is 0 Å². The van der Waals surface area contributed by atoms with Crippen LogP contribution in [0.15, 0.2) is 0 Å². The quantitative estimate of drug-likeness (QED) is 0.749. The van der Waals surface area contributed by atoms with Crippen molar-refractivity contribution in [2.75, 3.05) is 33.2 Å². The molecule has 2 fully saturated rings. The van der Waals surface area contributed by atoms with Gasteiger partial charge in [-0.05, 0) is 45.8 Å². The van der Waals surface area contributed by atoms with E-state index in [2.05, 4.69) is 22.0 Å². The van der Waals surface area contributed by atoms with E-state index in [1.54, 1.807) is 0 Å². The van der Waals surface area contributed by atoms with Gasteiger partial charge in [0.05, 0.1) is 5.25 Å². The van der Waals surface area contributed by atoms with Crippen LogP contribution in [0.3, 0.4) is 0 Å². The predicted molar refractivity (Wildman–Crippen MR) is 77.7 cm³/mol. The monoisotopic (exact) mass is 289 g/mol. The van der Waals surface area contributed by atoms with Gasteiger partial charge in [-0.25, -0.2) is 13.1 Å². The first kappa shape index (κ1) is 15.2. The van der Waals surface area contributed by atoms with Gasteiger partial charge in [-0.15, -0.1) is 0 Å². The van der Waals surface area contributed by atoms with E-state index in [1.165, 1.54) is 25.7 Å². The fraction of sp³-hybridized carbons (Fsp3) is 1.00. The first-order valence-electron chi connectivity index (χ1n) is 7.49. The zero-order valence-electron chi connectivity index (χ0n) is 11.9.